The van der Waals surface area contributed by atoms with Crippen LogP contribution in [0.15, 0.2) is 42.5 Å². The van der Waals surface area contributed by atoms with Crippen molar-refractivity contribution in [2.75, 3.05) is 11.5 Å². The maximum Gasteiger partial charge on any atom is 0.222 e. The van der Waals surface area contributed by atoms with E-state index in [1.54, 1.807) is 30.3 Å². The standard InChI is InChI=1S/C18H13ClFN5O/c19-14-5-2-6-15(20)13(14)9-26-11-4-1-3-10(7-11)16-12(8-21)17(22)25-18(23)24-16/h1-7H,9H2,(H4,22,23,24,25). The molecule has 3 rings (SSSR count). The number of halogens is 2. The van der Waals surface area contributed by atoms with E-state index in [0.29, 0.717) is 17.0 Å². The molecular weight excluding hydrogens is 357 g/mol. The van der Waals surface area contributed by atoms with Crippen LogP contribution in [-0.2, 0) is 6.61 Å². The van der Waals surface area contributed by atoms with Gasteiger partial charge in [-0.1, -0.05) is 29.8 Å². The van der Waals surface area contributed by atoms with E-state index in [1.165, 1.54) is 12.1 Å². The quantitative estimate of drug-likeness (QED) is 0.727. The highest BCUT2D eigenvalue weighted by molar-refractivity contribution is 6.31. The van der Waals surface area contributed by atoms with Gasteiger partial charge in [-0.15, -0.1) is 0 Å². The third-order valence-electron chi connectivity index (χ3n) is 3.62. The Bertz CT molecular complexity index is 999. The van der Waals surface area contributed by atoms with Crippen molar-refractivity contribution in [2.45, 2.75) is 6.61 Å². The van der Waals surface area contributed by atoms with E-state index >= 15 is 0 Å². The van der Waals surface area contributed by atoms with E-state index in [1.807, 2.05) is 6.07 Å². The van der Waals surface area contributed by atoms with Gasteiger partial charge < -0.3 is 16.2 Å². The molecule has 0 radical (unpaired) electrons. The lowest BCUT2D eigenvalue weighted by molar-refractivity contribution is 0.300. The summed E-state index contributed by atoms with van der Waals surface area (Å²) in [5, 5.41) is 9.58. The third-order valence-corrected chi connectivity index (χ3v) is 3.97. The van der Waals surface area contributed by atoms with Crippen LogP contribution < -0.4 is 16.2 Å². The minimum absolute atomic E-state index is 0.000500. The van der Waals surface area contributed by atoms with E-state index in [0.717, 1.165) is 0 Å². The first kappa shape index (κ1) is 17.5. The Balaban J connectivity index is 1.92. The lowest BCUT2D eigenvalue weighted by atomic mass is 10.1. The first-order valence-electron chi connectivity index (χ1n) is 7.49. The van der Waals surface area contributed by atoms with E-state index in [9.17, 15) is 9.65 Å². The van der Waals surface area contributed by atoms with Crippen molar-refractivity contribution >= 4 is 23.4 Å². The van der Waals surface area contributed by atoms with Gasteiger partial charge in [0.25, 0.3) is 0 Å². The summed E-state index contributed by atoms with van der Waals surface area (Å²) in [6.45, 7) is -0.0475. The molecule has 0 spiro atoms. The van der Waals surface area contributed by atoms with E-state index < -0.39 is 5.82 Å². The smallest absolute Gasteiger partial charge is 0.222 e. The maximum atomic E-state index is 13.8. The summed E-state index contributed by atoms with van der Waals surface area (Å²) in [5.41, 5.74) is 12.6. The fraction of sp³-hybridized carbons (Fsp3) is 0.0556. The zero-order valence-corrected chi connectivity index (χ0v) is 14.2. The lowest BCUT2D eigenvalue weighted by Crippen LogP contribution is -2.05. The third kappa shape index (κ3) is 3.50. The number of hydrogen-bond donors (Lipinski definition) is 2. The highest BCUT2D eigenvalue weighted by Crippen LogP contribution is 2.29. The molecule has 4 N–H and O–H groups in total. The Hall–Kier alpha value is -3.37. The molecule has 0 fully saturated rings. The number of anilines is 2. The Morgan fingerprint density at radius 1 is 1.15 bits per heavy atom. The van der Waals surface area contributed by atoms with Crippen molar-refractivity contribution < 1.29 is 9.13 Å². The van der Waals surface area contributed by atoms with Crippen molar-refractivity contribution in [3.8, 4) is 23.1 Å². The molecule has 1 aromatic heterocycles. The van der Waals surface area contributed by atoms with Crippen LogP contribution in [0, 0.1) is 17.1 Å². The van der Waals surface area contributed by atoms with Crippen LogP contribution in [0.4, 0.5) is 16.2 Å². The zero-order chi connectivity index (χ0) is 18.7. The number of nitrogen functional groups attached to an aromatic ring is 2. The van der Waals surface area contributed by atoms with E-state index in [2.05, 4.69) is 9.97 Å². The Kier molecular flexibility index (Phi) is 4.87. The fourth-order valence-corrected chi connectivity index (χ4v) is 2.59. The second kappa shape index (κ2) is 7.25. The molecule has 8 heteroatoms. The number of nitriles is 1. The fourth-order valence-electron chi connectivity index (χ4n) is 2.37. The van der Waals surface area contributed by atoms with Gasteiger partial charge in [0.2, 0.25) is 5.95 Å². The van der Waals surface area contributed by atoms with Gasteiger partial charge in [-0.25, -0.2) is 9.37 Å². The Labute approximate surface area is 153 Å². The molecule has 0 saturated heterocycles. The minimum Gasteiger partial charge on any atom is -0.489 e. The average molecular weight is 370 g/mol. The summed E-state index contributed by atoms with van der Waals surface area (Å²) in [7, 11) is 0. The average Bonchev–Trinajstić information content (AvgIpc) is 2.61. The molecule has 0 atom stereocenters. The maximum absolute atomic E-state index is 13.8. The number of nitrogens with zero attached hydrogens (tertiary/aromatic N) is 3. The molecule has 0 saturated carbocycles. The molecule has 3 aromatic rings. The molecule has 26 heavy (non-hydrogen) atoms. The molecule has 0 aliphatic carbocycles. The summed E-state index contributed by atoms with van der Waals surface area (Å²) in [6.07, 6.45) is 0. The van der Waals surface area contributed by atoms with Crippen LogP contribution >= 0.6 is 11.6 Å². The number of nitrogens with two attached hydrogens (primary N) is 2. The molecule has 0 aliphatic rings. The number of benzene rings is 2. The SMILES string of the molecule is N#Cc1c(N)nc(N)nc1-c1cccc(OCc2c(F)cccc2Cl)c1. The highest BCUT2D eigenvalue weighted by Gasteiger charge is 2.14. The monoisotopic (exact) mass is 369 g/mol. The van der Waals surface area contributed by atoms with Gasteiger partial charge >= 0.3 is 0 Å². The molecule has 130 valence electrons. The van der Waals surface area contributed by atoms with Crippen LogP contribution in [0.1, 0.15) is 11.1 Å². The molecule has 0 bridgehead atoms. The summed E-state index contributed by atoms with van der Waals surface area (Å²) in [4.78, 5) is 7.87. The number of hydrogen-bond acceptors (Lipinski definition) is 6. The number of ether oxygens (including phenoxy) is 1. The van der Waals surface area contributed by atoms with Crippen LogP contribution in [0.5, 0.6) is 5.75 Å². The molecule has 1 heterocycles. The molecule has 6 nitrogen and oxygen atoms in total. The number of rotatable bonds is 4. The Morgan fingerprint density at radius 3 is 2.65 bits per heavy atom. The van der Waals surface area contributed by atoms with Gasteiger partial charge in [0.1, 0.15) is 35.6 Å². The Morgan fingerprint density at radius 2 is 1.92 bits per heavy atom. The first-order valence-corrected chi connectivity index (χ1v) is 7.86. The molecular formula is C18H13ClFN5O. The van der Waals surface area contributed by atoms with Gasteiger partial charge in [-0.2, -0.15) is 10.2 Å². The molecule has 0 unspecified atom stereocenters. The van der Waals surface area contributed by atoms with Crippen molar-refractivity contribution in [3.63, 3.8) is 0 Å². The van der Waals surface area contributed by atoms with Crippen LogP contribution in [-0.4, -0.2) is 9.97 Å². The first-order chi connectivity index (χ1) is 12.5. The summed E-state index contributed by atoms with van der Waals surface area (Å²) in [6, 6.07) is 13.2. The van der Waals surface area contributed by atoms with Gasteiger partial charge in [0, 0.05) is 11.1 Å². The zero-order valence-electron chi connectivity index (χ0n) is 13.4. The summed E-state index contributed by atoms with van der Waals surface area (Å²) < 4.78 is 19.5. The normalized spacial score (nSPS) is 10.3. The van der Waals surface area contributed by atoms with Gasteiger partial charge in [0.15, 0.2) is 0 Å². The van der Waals surface area contributed by atoms with Crippen molar-refractivity contribution in [1.82, 2.24) is 9.97 Å². The van der Waals surface area contributed by atoms with Gasteiger partial charge in [-0.3, -0.25) is 0 Å². The molecule has 2 aromatic carbocycles. The van der Waals surface area contributed by atoms with E-state index in [-0.39, 0.29) is 34.5 Å². The number of aromatic nitrogens is 2. The summed E-state index contributed by atoms with van der Waals surface area (Å²) in [5.74, 6) is -0.0429. The van der Waals surface area contributed by atoms with Crippen molar-refractivity contribution in [1.29, 1.82) is 5.26 Å². The lowest BCUT2D eigenvalue weighted by Gasteiger charge is -2.11. The molecule has 0 amide bonds. The predicted octanol–water partition coefficient (Wildman–Crippen LogP) is 3.55. The van der Waals surface area contributed by atoms with Crippen LogP contribution in [0.25, 0.3) is 11.3 Å². The van der Waals surface area contributed by atoms with Crippen molar-refractivity contribution in [2.24, 2.45) is 0 Å². The minimum atomic E-state index is -0.447. The second-order valence-corrected chi connectivity index (χ2v) is 5.73. The van der Waals surface area contributed by atoms with Gasteiger partial charge in [-0.05, 0) is 24.3 Å². The van der Waals surface area contributed by atoms with Crippen LogP contribution in [0.2, 0.25) is 5.02 Å². The van der Waals surface area contributed by atoms with Gasteiger partial charge in [0.05, 0.1) is 10.7 Å². The highest BCUT2D eigenvalue weighted by atomic mass is 35.5. The van der Waals surface area contributed by atoms with Crippen molar-refractivity contribution in [3.05, 3.63) is 64.4 Å². The van der Waals surface area contributed by atoms with Crippen LogP contribution in [0.3, 0.4) is 0 Å². The summed E-state index contributed by atoms with van der Waals surface area (Å²) >= 11 is 6.00. The molecule has 0 aliphatic heterocycles. The van der Waals surface area contributed by atoms with E-state index in [4.69, 9.17) is 27.8 Å². The topological polar surface area (TPSA) is 111 Å². The second-order valence-electron chi connectivity index (χ2n) is 5.32. The largest absolute Gasteiger partial charge is 0.489 e. The predicted molar refractivity (Wildman–Crippen MR) is 96.7 cm³/mol.